The summed E-state index contributed by atoms with van der Waals surface area (Å²) in [6.07, 6.45) is 4.47. The fourth-order valence-corrected chi connectivity index (χ4v) is 2.07. The highest BCUT2D eigenvalue weighted by molar-refractivity contribution is 5.81. The van der Waals surface area contributed by atoms with Crippen molar-refractivity contribution >= 4 is 5.91 Å². The van der Waals surface area contributed by atoms with E-state index in [9.17, 15) is 4.79 Å². The summed E-state index contributed by atoms with van der Waals surface area (Å²) in [5, 5.41) is 3.00. The smallest absolute Gasteiger partial charge is 0.236 e. The molecule has 15 heavy (non-hydrogen) atoms. The molecule has 0 saturated heterocycles. The van der Waals surface area contributed by atoms with Gasteiger partial charge in [0, 0.05) is 12.1 Å². The van der Waals surface area contributed by atoms with E-state index in [1.54, 1.807) is 6.92 Å². The molecule has 3 N–H and O–H groups in total. The average molecular weight is 213 g/mol. The summed E-state index contributed by atoms with van der Waals surface area (Å²) in [5.74, 6) is -0.0247. The maximum Gasteiger partial charge on any atom is 0.236 e. The summed E-state index contributed by atoms with van der Waals surface area (Å²) in [6, 6.07) is 0.615. The zero-order valence-corrected chi connectivity index (χ0v) is 9.99. The predicted molar refractivity (Wildman–Crippen MR) is 61.5 cm³/mol. The van der Waals surface area contributed by atoms with Crippen LogP contribution in [0.2, 0.25) is 0 Å². The van der Waals surface area contributed by atoms with Gasteiger partial charge >= 0.3 is 0 Å². The molecule has 88 valence electrons. The molecule has 1 atom stereocenters. The highest BCUT2D eigenvalue weighted by Gasteiger charge is 2.23. The second kappa shape index (κ2) is 5.47. The Labute approximate surface area is 92.2 Å². The maximum absolute atomic E-state index is 11.4. The van der Waals surface area contributed by atoms with Gasteiger partial charge in [-0.3, -0.25) is 4.79 Å². The molecule has 0 aromatic rings. The Morgan fingerprint density at radius 3 is 2.27 bits per heavy atom. The van der Waals surface area contributed by atoms with Gasteiger partial charge in [-0.15, -0.1) is 0 Å². The van der Waals surface area contributed by atoms with E-state index in [0.29, 0.717) is 12.1 Å². The summed E-state index contributed by atoms with van der Waals surface area (Å²) in [6.45, 7) is 1.72. The lowest BCUT2D eigenvalue weighted by Gasteiger charge is -2.33. The van der Waals surface area contributed by atoms with E-state index < -0.39 is 6.04 Å². The van der Waals surface area contributed by atoms with Gasteiger partial charge in [-0.1, -0.05) is 0 Å². The molecule has 1 rings (SSSR count). The zero-order chi connectivity index (χ0) is 11.4. The monoisotopic (exact) mass is 213 g/mol. The Bertz CT molecular complexity index is 208. The number of hydrogen-bond donors (Lipinski definition) is 2. The molecular weight excluding hydrogens is 190 g/mol. The lowest BCUT2D eigenvalue weighted by molar-refractivity contribution is -0.122. The predicted octanol–water partition coefficient (Wildman–Crippen LogP) is 0.323. The second-order valence-corrected chi connectivity index (χ2v) is 4.77. The van der Waals surface area contributed by atoms with Gasteiger partial charge in [0.05, 0.1) is 6.04 Å². The van der Waals surface area contributed by atoms with Crippen molar-refractivity contribution in [2.45, 2.75) is 50.7 Å². The van der Waals surface area contributed by atoms with Crippen LogP contribution in [0.5, 0.6) is 0 Å². The molecule has 1 aliphatic carbocycles. The van der Waals surface area contributed by atoms with Crippen molar-refractivity contribution in [3.8, 4) is 0 Å². The van der Waals surface area contributed by atoms with E-state index in [1.165, 1.54) is 0 Å². The SMILES string of the molecule is C[C@H](N)C(=O)NC1CCC(N(C)C)CC1. The van der Waals surface area contributed by atoms with Crippen molar-refractivity contribution in [3.05, 3.63) is 0 Å². The highest BCUT2D eigenvalue weighted by atomic mass is 16.2. The molecule has 1 aliphatic rings. The largest absolute Gasteiger partial charge is 0.352 e. The minimum atomic E-state index is -0.392. The second-order valence-electron chi connectivity index (χ2n) is 4.77. The van der Waals surface area contributed by atoms with Gasteiger partial charge < -0.3 is 16.0 Å². The van der Waals surface area contributed by atoms with E-state index in [4.69, 9.17) is 5.73 Å². The number of nitrogens with zero attached hydrogens (tertiary/aromatic N) is 1. The summed E-state index contributed by atoms with van der Waals surface area (Å²) in [5.41, 5.74) is 5.51. The number of hydrogen-bond acceptors (Lipinski definition) is 3. The quantitative estimate of drug-likeness (QED) is 0.710. The maximum atomic E-state index is 11.4. The first-order chi connectivity index (χ1) is 7.00. The first-order valence-corrected chi connectivity index (χ1v) is 5.73. The molecule has 1 amide bonds. The molecule has 0 unspecified atom stereocenters. The van der Waals surface area contributed by atoms with E-state index in [2.05, 4.69) is 24.3 Å². The lowest BCUT2D eigenvalue weighted by Crippen LogP contribution is -2.46. The van der Waals surface area contributed by atoms with E-state index in [1.807, 2.05) is 0 Å². The number of amides is 1. The fourth-order valence-electron chi connectivity index (χ4n) is 2.07. The van der Waals surface area contributed by atoms with Crippen LogP contribution in [0.25, 0.3) is 0 Å². The molecule has 0 bridgehead atoms. The molecule has 0 aromatic heterocycles. The Balaban J connectivity index is 2.29. The Morgan fingerprint density at radius 1 is 1.33 bits per heavy atom. The third kappa shape index (κ3) is 3.80. The molecule has 0 aromatic carbocycles. The molecule has 4 heteroatoms. The van der Waals surface area contributed by atoms with Crippen molar-refractivity contribution in [2.24, 2.45) is 5.73 Å². The average Bonchev–Trinajstić information content (AvgIpc) is 2.18. The van der Waals surface area contributed by atoms with Gasteiger partial charge in [-0.05, 0) is 46.7 Å². The van der Waals surface area contributed by atoms with Crippen LogP contribution in [0.3, 0.4) is 0 Å². The van der Waals surface area contributed by atoms with Gasteiger partial charge in [0.2, 0.25) is 5.91 Å². The van der Waals surface area contributed by atoms with Crippen molar-refractivity contribution in [2.75, 3.05) is 14.1 Å². The fraction of sp³-hybridized carbons (Fsp3) is 0.909. The van der Waals surface area contributed by atoms with Crippen LogP contribution in [0.1, 0.15) is 32.6 Å². The Hall–Kier alpha value is -0.610. The minimum absolute atomic E-state index is 0.0247. The Morgan fingerprint density at radius 2 is 1.87 bits per heavy atom. The molecule has 0 radical (unpaired) electrons. The first kappa shape index (κ1) is 12.5. The van der Waals surface area contributed by atoms with Crippen molar-refractivity contribution in [1.82, 2.24) is 10.2 Å². The van der Waals surface area contributed by atoms with Crippen LogP contribution in [0, 0.1) is 0 Å². The molecule has 1 fully saturated rings. The van der Waals surface area contributed by atoms with Crippen molar-refractivity contribution in [3.63, 3.8) is 0 Å². The van der Waals surface area contributed by atoms with E-state index in [-0.39, 0.29) is 5.91 Å². The highest BCUT2D eigenvalue weighted by Crippen LogP contribution is 2.21. The van der Waals surface area contributed by atoms with E-state index >= 15 is 0 Å². The van der Waals surface area contributed by atoms with Gasteiger partial charge in [0.15, 0.2) is 0 Å². The minimum Gasteiger partial charge on any atom is -0.352 e. The third-order valence-electron chi connectivity index (χ3n) is 3.19. The summed E-state index contributed by atoms with van der Waals surface area (Å²) in [7, 11) is 4.23. The number of nitrogens with one attached hydrogen (secondary N) is 1. The number of rotatable bonds is 3. The summed E-state index contributed by atoms with van der Waals surface area (Å²) in [4.78, 5) is 13.6. The molecule has 0 heterocycles. The normalized spacial score (nSPS) is 28.9. The van der Waals surface area contributed by atoms with Crippen LogP contribution in [-0.4, -0.2) is 43.0 Å². The lowest BCUT2D eigenvalue weighted by atomic mass is 9.90. The van der Waals surface area contributed by atoms with Crippen molar-refractivity contribution in [1.29, 1.82) is 0 Å². The van der Waals surface area contributed by atoms with E-state index in [0.717, 1.165) is 25.7 Å². The van der Waals surface area contributed by atoms with Crippen LogP contribution in [-0.2, 0) is 4.79 Å². The van der Waals surface area contributed by atoms with Gasteiger partial charge in [-0.25, -0.2) is 0 Å². The Kier molecular flexibility index (Phi) is 4.54. The molecule has 1 saturated carbocycles. The van der Waals surface area contributed by atoms with Gasteiger partial charge in [0.1, 0.15) is 0 Å². The van der Waals surface area contributed by atoms with Crippen molar-refractivity contribution < 1.29 is 4.79 Å². The van der Waals surface area contributed by atoms with Gasteiger partial charge in [0.25, 0.3) is 0 Å². The number of carbonyl (C=O) groups excluding carboxylic acids is 1. The molecule has 4 nitrogen and oxygen atoms in total. The first-order valence-electron chi connectivity index (χ1n) is 5.73. The van der Waals surface area contributed by atoms with Crippen LogP contribution < -0.4 is 11.1 Å². The zero-order valence-electron chi connectivity index (χ0n) is 9.99. The topological polar surface area (TPSA) is 58.4 Å². The standard InChI is InChI=1S/C11H23N3O/c1-8(12)11(15)13-9-4-6-10(7-5-9)14(2)3/h8-10H,4-7,12H2,1-3H3,(H,13,15)/t8-,9?,10?/m0/s1. The molecule has 0 spiro atoms. The number of carbonyl (C=O) groups is 1. The van der Waals surface area contributed by atoms with Crippen LogP contribution in [0.15, 0.2) is 0 Å². The third-order valence-corrected chi connectivity index (χ3v) is 3.19. The molecular formula is C11H23N3O. The summed E-state index contributed by atoms with van der Waals surface area (Å²) >= 11 is 0. The molecule has 0 aliphatic heterocycles. The number of nitrogens with two attached hydrogens (primary N) is 1. The van der Waals surface area contributed by atoms with Crippen LogP contribution >= 0.6 is 0 Å². The van der Waals surface area contributed by atoms with Gasteiger partial charge in [-0.2, -0.15) is 0 Å². The summed E-state index contributed by atoms with van der Waals surface area (Å²) < 4.78 is 0. The van der Waals surface area contributed by atoms with Crippen LogP contribution in [0.4, 0.5) is 0 Å².